The van der Waals surface area contributed by atoms with E-state index in [-0.39, 0.29) is 0 Å². The van der Waals surface area contributed by atoms with Crippen molar-refractivity contribution < 1.29 is 0 Å². The zero-order valence-corrected chi connectivity index (χ0v) is 39.3. The molecule has 25 rings (SSSR count). The van der Waals surface area contributed by atoms with Crippen LogP contribution in [0, 0.1) is 142 Å². The largest absolute Gasteiger partial charge is 0.0528 e. The zero-order chi connectivity index (χ0) is 39.3. The van der Waals surface area contributed by atoms with E-state index in [9.17, 15) is 0 Å². The predicted octanol–water partition coefficient (Wildman–Crippen LogP) is 17.0. The maximum absolute atomic E-state index is 1.62. The van der Waals surface area contributed by atoms with Crippen LogP contribution in [-0.4, -0.2) is 0 Å². The van der Waals surface area contributed by atoms with Crippen LogP contribution in [0.15, 0.2) is 0 Å². The van der Waals surface area contributed by atoms with Gasteiger partial charge in [-0.05, 0) is 213 Å². The summed E-state index contributed by atoms with van der Waals surface area (Å²) in [7, 11) is 0. The number of fused-ring (bicyclic) bond motifs is 14. The van der Waals surface area contributed by atoms with E-state index in [1.807, 2.05) is 0 Å². The molecule has 0 radical (unpaired) electrons. The first-order valence-electron chi connectivity index (χ1n) is 29.7. The SMILES string of the molecule is C12C3C4C1C1C2C3C41.C1C2CC1C2.C1CC2CC2C1.C1CC2CCC(C1)C2.C1CC2CCC(C1)CC2.C1CC2CCC1C1CC21.C1CC2CCC1C2.C1CC2CCC1CC2. The molecule has 6 unspecified atom stereocenters. The highest BCUT2D eigenvalue weighted by Gasteiger charge is 2.97. The Bertz CT molecular complexity index is 1200. The number of rotatable bonds is 0. The average Bonchev–Trinajstić information content (AvgIpc) is 4.11. The Morgan fingerprint density at radius 2 is 0.383 bits per heavy atom. The molecule has 0 heterocycles. The number of hydrogen-bond donors (Lipinski definition) is 0. The first-order chi connectivity index (χ1) is 29.7. The van der Waals surface area contributed by atoms with E-state index < -0.39 is 0 Å². The minimum absolute atomic E-state index is 1.14. The monoisotopic (exact) mass is 817 g/mol. The summed E-state index contributed by atoms with van der Waals surface area (Å²) in [5.41, 5.74) is 0. The van der Waals surface area contributed by atoms with Gasteiger partial charge in [0, 0.05) is 0 Å². The van der Waals surface area contributed by atoms with Gasteiger partial charge in [-0.3, -0.25) is 0 Å². The fourth-order valence-corrected chi connectivity index (χ4v) is 20.8. The van der Waals surface area contributed by atoms with Crippen molar-refractivity contribution in [2.45, 2.75) is 231 Å². The minimum Gasteiger partial charge on any atom is -0.0528 e. The van der Waals surface area contributed by atoms with E-state index >= 15 is 0 Å². The molecule has 60 heavy (non-hydrogen) atoms. The lowest BCUT2D eigenvalue weighted by atomic mass is 9.01. The van der Waals surface area contributed by atoms with Crippen molar-refractivity contribution in [1.29, 1.82) is 0 Å². The molecule has 25 saturated carbocycles. The summed E-state index contributed by atoms with van der Waals surface area (Å²) < 4.78 is 0. The summed E-state index contributed by atoms with van der Waals surface area (Å²) in [6.45, 7) is 0. The molecule has 0 heteroatoms. The third-order valence-electron chi connectivity index (χ3n) is 25.1. The van der Waals surface area contributed by atoms with Crippen molar-refractivity contribution in [2.75, 3.05) is 0 Å². The Morgan fingerprint density at radius 1 is 0.150 bits per heavy atom. The normalized spacial score (nSPS) is 57.6. The minimum atomic E-state index is 1.14. The molecule has 0 aliphatic heterocycles. The summed E-state index contributed by atoms with van der Waals surface area (Å²) in [5, 5.41) is 0. The molecule has 0 aromatic rings. The van der Waals surface area contributed by atoms with E-state index in [0.717, 1.165) is 35.5 Å². The van der Waals surface area contributed by atoms with Gasteiger partial charge in [0.2, 0.25) is 0 Å². The van der Waals surface area contributed by atoms with Crippen LogP contribution in [0.3, 0.4) is 0 Å². The van der Waals surface area contributed by atoms with Gasteiger partial charge in [0.05, 0.1) is 0 Å². The van der Waals surface area contributed by atoms with Gasteiger partial charge in [-0.1, -0.05) is 161 Å². The molecular formula is C60H96. The lowest BCUT2D eigenvalue weighted by Crippen LogP contribution is -3.00. The smallest absolute Gasteiger partial charge is 0.0312 e. The van der Waals surface area contributed by atoms with Crippen LogP contribution in [0.5, 0.6) is 0 Å². The molecule has 12 bridgehead atoms. The maximum atomic E-state index is 1.62. The summed E-state index contributed by atoms with van der Waals surface area (Å²) in [6.07, 6.45) is 56.4. The van der Waals surface area contributed by atoms with E-state index in [4.69, 9.17) is 0 Å². The van der Waals surface area contributed by atoms with Crippen molar-refractivity contribution in [3.8, 4) is 0 Å². The Labute approximate surface area is 371 Å². The lowest BCUT2D eigenvalue weighted by molar-refractivity contribution is -0.565. The van der Waals surface area contributed by atoms with Crippen LogP contribution in [0.2, 0.25) is 0 Å². The summed E-state index contributed by atoms with van der Waals surface area (Å²) in [5.74, 6) is 29.6. The quantitative estimate of drug-likeness (QED) is 0.228. The highest BCUT2D eigenvalue weighted by Crippen LogP contribution is 3.00. The Kier molecular flexibility index (Phi) is 11.4. The predicted molar refractivity (Wildman–Crippen MR) is 250 cm³/mol. The Morgan fingerprint density at radius 3 is 0.600 bits per heavy atom. The van der Waals surface area contributed by atoms with Crippen molar-refractivity contribution >= 4 is 0 Å². The molecule has 0 aromatic carbocycles. The third kappa shape index (κ3) is 7.74. The fourth-order valence-electron chi connectivity index (χ4n) is 20.8. The summed E-state index contributed by atoms with van der Waals surface area (Å²) in [6, 6.07) is 0. The Balaban J connectivity index is 0.0000000709. The summed E-state index contributed by atoms with van der Waals surface area (Å²) in [4.78, 5) is 0. The van der Waals surface area contributed by atoms with Crippen molar-refractivity contribution in [3.05, 3.63) is 0 Å². The molecular weight excluding hydrogens is 721 g/mol. The van der Waals surface area contributed by atoms with E-state index in [0.29, 0.717) is 0 Å². The molecule has 0 nitrogen and oxygen atoms in total. The second-order valence-electron chi connectivity index (χ2n) is 27.9. The standard InChI is InChI=1S/C9H14.C9H16.C8H8.2C8H14.C7H12.C6H10.C5H8/c1-2-7-4-3-6(1)8-5-9(7)8;1-2-8-4-6-9(3-1)7-5-8;1-2-5-3(1)7-4(1)6(2)8(5)7;1-2-8-5-3-7(1)4-6-8;1-2-7-4-5-8(3-1)6-7;1-2-7-4-3-6(1)5-7;1-2-5-4-6(5)3-1;1-4-2-5(1)3-4/h6-9H,1-5H2;8-9H,1-7H2;1-8H;2*7-8H,1-6H2;6-7H,1-5H2;5-6H,1-4H2;4-5H,1-3H2. The second-order valence-corrected chi connectivity index (χ2v) is 27.9. The topological polar surface area (TPSA) is 0 Å². The van der Waals surface area contributed by atoms with Gasteiger partial charge >= 0.3 is 0 Å². The van der Waals surface area contributed by atoms with Gasteiger partial charge in [0.1, 0.15) is 0 Å². The van der Waals surface area contributed by atoms with Crippen LogP contribution >= 0.6 is 0 Å². The van der Waals surface area contributed by atoms with Gasteiger partial charge in [-0.15, -0.1) is 0 Å². The maximum Gasteiger partial charge on any atom is -0.0312 e. The summed E-state index contributed by atoms with van der Waals surface area (Å²) >= 11 is 0. The van der Waals surface area contributed by atoms with Crippen molar-refractivity contribution in [3.63, 3.8) is 0 Å². The van der Waals surface area contributed by atoms with Gasteiger partial charge in [-0.25, -0.2) is 0 Å². The van der Waals surface area contributed by atoms with Crippen LogP contribution in [0.25, 0.3) is 0 Å². The van der Waals surface area contributed by atoms with Gasteiger partial charge in [-0.2, -0.15) is 0 Å². The van der Waals surface area contributed by atoms with Crippen LogP contribution in [0.1, 0.15) is 231 Å². The van der Waals surface area contributed by atoms with Crippen molar-refractivity contribution in [1.82, 2.24) is 0 Å². The molecule has 25 aliphatic carbocycles. The van der Waals surface area contributed by atoms with Gasteiger partial charge in [0.15, 0.2) is 0 Å². The molecule has 25 fully saturated rings. The first kappa shape index (κ1) is 40.3. The second kappa shape index (κ2) is 17.0. The highest BCUT2D eigenvalue weighted by molar-refractivity contribution is 5.44. The van der Waals surface area contributed by atoms with E-state index in [2.05, 4.69) is 0 Å². The molecule has 0 amide bonds. The first-order valence-corrected chi connectivity index (χ1v) is 29.7. The highest BCUT2D eigenvalue weighted by atomic mass is 15.0. The zero-order valence-electron chi connectivity index (χ0n) is 39.3. The van der Waals surface area contributed by atoms with Crippen molar-refractivity contribution in [2.24, 2.45) is 142 Å². The molecule has 0 spiro atoms. The van der Waals surface area contributed by atoms with Crippen LogP contribution < -0.4 is 0 Å². The van der Waals surface area contributed by atoms with Gasteiger partial charge in [0.25, 0.3) is 0 Å². The van der Waals surface area contributed by atoms with E-state index in [1.165, 1.54) is 126 Å². The van der Waals surface area contributed by atoms with Gasteiger partial charge < -0.3 is 0 Å². The fraction of sp³-hybridized carbons (Fsp3) is 1.00. The molecule has 0 N–H and O–H groups in total. The Hall–Kier alpha value is 0. The number of hydrogen-bond acceptors (Lipinski definition) is 0. The average molecular weight is 817 g/mol. The van der Waals surface area contributed by atoms with E-state index in [1.54, 1.807) is 212 Å². The van der Waals surface area contributed by atoms with Crippen LogP contribution in [-0.2, 0) is 0 Å². The molecule has 336 valence electrons. The molecule has 6 atom stereocenters. The molecule has 0 aromatic heterocycles. The third-order valence-corrected chi connectivity index (χ3v) is 25.1. The molecule has 0 saturated heterocycles. The molecule has 25 aliphatic rings. The lowest BCUT2D eigenvalue weighted by Gasteiger charge is -3.03. The van der Waals surface area contributed by atoms with Crippen LogP contribution in [0.4, 0.5) is 0 Å².